The van der Waals surface area contributed by atoms with E-state index in [1.807, 2.05) is 0 Å². The normalized spacial score (nSPS) is 16.0. The topological polar surface area (TPSA) is 50.8 Å². The Hall–Kier alpha value is -2.29. The number of halogens is 4. The molecule has 1 aliphatic rings. The van der Waals surface area contributed by atoms with Gasteiger partial charge in [-0.25, -0.2) is 0 Å². The van der Waals surface area contributed by atoms with Crippen molar-refractivity contribution in [3.05, 3.63) is 64.7 Å². The minimum absolute atomic E-state index is 0.133. The van der Waals surface area contributed by atoms with Crippen molar-refractivity contribution in [2.75, 3.05) is 39.5 Å². The minimum atomic E-state index is -4.39. The van der Waals surface area contributed by atoms with Gasteiger partial charge in [0.1, 0.15) is 5.75 Å². The molecule has 1 amide bonds. The molecule has 1 aliphatic heterocycles. The molecule has 0 aliphatic carbocycles. The maximum Gasteiger partial charge on any atom is 0.416 e. The van der Waals surface area contributed by atoms with Crippen LogP contribution in [0.2, 0.25) is 5.02 Å². The van der Waals surface area contributed by atoms with Crippen LogP contribution in [0.4, 0.5) is 13.2 Å². The molecule has 1 heterocycles. The molecule has 0 aromatic heterocycles. The standard InChI is InChI=1S/C22H24ClF3N2O3/c23-18-3-1-2-4-20(18)31-12-9-21(29)27-15-19(28-10-13-30-14-11-28)16-5-7-17(8-6-16)22(24,25)26/h1-8,19H,9-15H2,(H,27,29). The molecular weight excluding hydrogens is 433 g/mol. The zero-order valence-corrected chi connectivity index (χ0v) is 17.6. The average molecular weight is 457 g/mol. The minimum Gasteiger partial charge on any atom is -0.491 e. The third-order valence-corrected chi connectivity index (χ3v) is 5.34. The highest BCUT2D eigenvalue weighted by Crippen LogP contribution is 2.31. The molecule has 1 atom stereocenters. The molecule has 168 valence electrons. The molecule has 5 nitrogen and oxygen atoms in total. The Balaban J connectivity index is 1.58. The van der Waals surface area contributed by atoms with Crippen LogP contribution in [0.15, 0.2) is 48.5 Å². The summed E-state index contributed by atoms with van der Waals surface area (Å²) >= 11 is 6.02. The fraction of sp³-hybridized carbons (Fsp3) is 0.409. The quantitative estimate of drug-likeness (QED) is 0.643. The molecule has 0 spiro atoms. The van der Waals surface area contributed by atoms with E-state index in [0.29, 0.717) is 42.6 Å². The number of nitrogens with zero attached hydrogens (tertiary/aromatic N) is 1. The Morgan fingerprint density at radius 1 is 1.13 bits per heavy atom. The lowest BCUT2D eigenvalue weighted by Crippen LogP contribution is -2.44. The van der Waals surface area contributed by atoms with E-state index in [-0.39, 0.29) is 31.5 Å². The SMILES string of the molecule is O=C(CCOc1ccccc1Cl)NCC(c1ccc(C(F)(F)F)cc1)N1CCOCC1. The summed E-state index contributed by atoms with van der Waals surface area (Å²) in [5, 5.41) is 3.34. The predicted molar refractivity (Wildman–Crippen MR) is 111 cm³/mol. The Labute approximate surface area is 184 Å². The molecule has 9 heteroatoms. The molecule has 0 bridgehead atoms. The summed E-state index contributed by atoms with van der Waals surface area (Å²) in [6, 6.07) is 11.8. The van der Waals surface area contributed by atoms with Crippen molar-refractivity contribution in [2.45, 2.75) is 18.6 Å². The lowest BCUT2D eigenvalue weighted by atomic mass is 10.0. The van der Waals surface area contributed by atoms with Gasteiger partial charge in [-0.3, -0.25) is 9.69 Å². The Kier molecular flexibility index (Phi) is 8.17. The number of alkyl halides is 3. The Morgan fingerprint density at radius 2 is 1.81 bits per heavy atom. The van der Waals surface area contributed by atoms with E-state index in [0.717, 1.165) is 12.1 Å². The molecule has 2 aromatic rings. The zero-order valence-electron chi connectivity index (χ0n) is 16.8. The van der Waals surface area contributed by atoms with Crippen molar-refractivity contribution in [2.24, 2.45) is 0 Å². The second kappa shape index (κ2) is 10.8. The van der Waals surface area contributed by atoms with Crippen molar-refractivity contribution < 1.29 is 27.4 Å². The van der Waals surface area contributed by atoms with Crippen molar-refractivity contribution in [1.82, 2.24) is 10.2 Å². The van der Waals surface area contributed by atoms with Crippen LogP contribution in [0.25, 0.3) is 0 Å². The molecule has 1 saturated heterocycles. The maximum atomic E-state index is 12.9. The van der Waals surface area contributed by atoms with Gasteiger partial charge < -0.3 is 14.8 Å². The number of carbonyl (C=O) groups excluding carboxylic acids is 1. The number of ether oxygens (including phenoxy) is 2. The van der Waals surface area contributed by atoms with Crippen molar-refractivity contribution >= 4 is 17.5 Å². The third-order valence-electron chi connectivity index (χ3n) is 5.03. The summed E-state index contributed by atoms with van der Waals surface area (Å²) in [4.78, 5) is 14.4. The van der Waals surface area contributed by atoms with Gasteiger partial charge in [0.2, 0.25) is 5.91 Å². The fourth-order valence-corrected chi connectivity index (χ4v) is 3.55. The second-order valence-corrected chi connectivity index (χ2v) is 7.52. The molecule has 3 rings (SSSR count). The first-order valence-electron chi connectivity index (χ1n) is 9.97. The summed E-state index contributed by atoms with van der Waals surface area (Å²) in [6.07, 6.45) is -4.25. The van der Waals surface area contributed by atoms with Crippen LogP contribution in [0, 0.1) is 0 Å². The third kappa shape index (κ3) is 6.85. The Bertz CT molecular complexity index is 856. The number of hydrogen-bond acceptors (Lipinski definition) is 4. The van der Waals surface area contributed by atoms with Gasteiger partial charge in [-0.15, -0.1) is 0 Å². The summed E-state index contributed by atoms with van der Waals surface area (Å²) in [5.74, 6) is 0.296. The lowest BCUT2D eigenvalue weighted by molar-refractivity contribution is -0.137. The molecular formula is C22H24ClF3N2O3. The van der Waals surface area contributed by atoms with Gasteiger partial charge in [0.25, 0.3) is 0 Å². The highest BCUT2D eigenvalue weighted by atomic mass is 35.5. The van der Waals surface area contributed by atoms with Gasteiger partial charge in [-0.1, -0.05) is 35.9 Å². The zero-order chi connectivity index (χ0) is 22.3. The van der Waals surface area contributed by atoms with Gasteiger partial charge in [0.05, 0.1) is 42.9 Å². The first kappa shape index (κ1) is 23.4. The second-order valence-electron chi connectivity index (χ2n) is 7.12. The molecule has 0 saturated carbocycles. The number of carbonyl (C=O) groups is 1. The van der Waals surface area contributed by atoms with Gasteiger partial charge in [0, 0.05) is 19.6 Å². The summed E-state index contributed by atoms with van der Waals surface area (Å²) in [5.41, 5.74) is 0.0141. The van der Waals surface area contributed by atoms with Crippen LogP contribution in [-0.2, 0) is 15.7 Å². The van der Waals surface area contributed by atoms with Crippen molar-refractivity contribution in [1.29, 1.82) is 0 Å². The highest BCUT2D eigenvalue weighted by molar-refractivity contribution is 6.32. The summed E-state index contributed by atoms with van der Waals surface area (Å²) in [7, 11) is 0. The van der Waals surface area contributed by atoms with Crippen LogP contribution in [0.5, 0.6) is 5.75 Å². The van der Waals surface area contributed by atoms with Crippen LogP contribution in [0.1, 0.15) is 23.6 Å². The molecule has 31 heavy (non-hydrogen) atoms. The smallest absolute Gasteiger partial charge is 0.416 e. The lowest BCUT2D eigenvalue weighted by Gasteiger charge is -2.35. The summed E-state index contributed by atoms with van der Waals surface area (Å²) < 4.78 is 49.6. The van der Waals surface area contributed by atoms with Crippen LogP contribution in [0.3, 0.4) is 0 Å². The first-order valence-corrected chi connectivity index (χ1v) is 10.4. The van der Waals surface area contributed by atoms with Gasteiger partial charge in [-0.2, -0.15) is 13.2 Å². The molecule has 1 unspecified atom stereocenters. The van der Waals surface area contributed by atoms with Crippen molar-refractivity contribution in [3.63, 3.8) is 0 Å². The highest BCUT2D eigenvalue weighted by Gasteiger charge is 2.31. The van der Waals surface area contributed by atoms with Gasteiger partial charge in [-0.05, 0) is 29.8 Å². The van der Waals surface area contributed by atoms with E-state index in [2.05, 4.69) is 10.2 Å². The fourth-order valence-electron chi connectivity index (χ4n) is 3.36. The van der Waals surface area contributed by atoms with E-state index >= 15 is 0 Å². The van der Waals surface area contributed by atoms with E-state index in [4.69, 9.17) is 21.1 Å². The van der Waals surface area contributed by atoms with Crippen LogP contribution in [-0.4, -0.2) is 50.3 Å². The number of hydrogen-bond donors (Lipinski definition) is 1. The van der Waals surface area contributed by atoms with Crippen LogP contribution >= 0.6 is 11.6 Å². The van der Waals surface area contributed by atoms with Crippen LogP contribution < -0.4 is 10.1 Å². The number of nitrogens with one attached hydrogen (secondary N) is 1. The molecule has 0 radical (unpaired) electrons. The monoisotopic (exact) mass is 456 g/mol. The molecule has 2 aromatic carbocycles. The van der Waals surface area contributed by atoms with E-state index < -0.39 is 11.7 Å². The number of para-hydroxylation sites is 1. The number of morpholine rings is 1. The summed E-state index contributed by atoms with van der Waals surface area (Å²) in [6.45, 7) is 2.79. The number of rotatable bonds is 8. The predicted octanol–water partition coefficient (Wildman–Crippen LogP) is 4.32. The number of benzene rings is 2. The maximum absolute atomic E-state index is 12.9. The number of amides is 1. The largest absolute Gasteiger partial charge is 0.491 e. The van der Waals surface area contributed by atoms with Gasteiger partial charge in [0.15, 0.2) is 0 Å². The van der Waals surface area contributed by atoms with E-state index in [9.17, 15) is 18.0 Å². The van der Waals surface area contributed by atoms with Crippen molar-refractivity contribution in [3.8, 4) is 5.75 Å². The average Bonchev–Trinajstić information content (AvgIpc) is 2.76. The first-order chi connectivity index (χ1) is 14.8. The van der Waals surface area contributed by atoms with E-state index in [1.165, 1.54) is 12.1 Å². The molecule has 1 fully saturated rings. The molecule has 1 N–H and O–H groups in total. The van der Waals surface area contributed by atoms with E-state index in [1.54, 1.807) is 24.3 Å². The Morgan fingerprint density at radius 3 is 2.45 bits per heavy atom. The van der Waals surface area contributed by atoms with Gasteiger partial charge >= 0.3 is 6.18 Å².